The number of ether oxygens (including phenoxy) is 2. The van der Waals surface area contributed by atoms with Crippen LogP contribution in [-0.2, 0) is 32.7 Å². The average Bonchev–Trinajstić information content (AvgIpc) is 3.30. The van der Waals surface area contributed by atoms with Gasteiger partial charge >= 0.3 is 19.8 Å². The van der Waals surface area contributed by atoms with E-state index in [0.717, 1.165) is 70.6 Å². The Bertz CT molecular complexity index is 1630. The van der Waals surface area contributed by atoms with Gasteiger partial charge in [-0.15, -0.1) is 0 Å². The predicted molar refractivity (Wildman–Crippen MR) is 259 cm³/mol. The molecule has 1 rings (SSSR count). The molecular formula is C51H79O14P. The van der Waals surface area contributed by atoms with Crippen LogP contribution in [0, 0.1) is 0 Å². The fourth-order valence-electron chi connectivity index (χ4n) is 6.09. The fraction of sp³-hybridized carbons (Fsp3) is 0.569. The topological polar surface area (TPSA) is 230 Å². The minimum absolute atomic E-state index is 0.0504. The number of phosphoric acid groups is 1. The lowest BCUT2D eigenvalue weighted by Gasteiger charge is -2.41. The van der Waals surface area contributed by atoms with Crippen molar-refractivity contribution in [3.8, 4) is 0 Å². The third-order valence-corrected chi connectivity index (χ3v) is 10.9. The molecule has 3 unspecified atom stereocenters. The Hall–Kier alpha value is -3.79. The summed E-state index contributed by atoms with van der Waals surface area (Å²) >= 11 is 0. The van der Waals surface area contributed by atoms with Gasteiger partial charge in [-0.3, -0.25) is 18.6 Å². The van der Waals surface area contributed by atoms with Crippen LogP contribution in [0.3, 0.4) is 0 Å². The van der Waals surface area contributed by atoms with Crippen molar-refractivity contribution < 1.29 is 68.2 Å². The van der Waals surface area contributed by atoms with E-state index in [9.17, 15) is 49.7 Å². The van der Waals surface area contributed by atoms with E-state index in [-0.39, 0.29) is 18.9 Å². The average molecular weight is 947 g/mol. The number of esters is 2. The van der Waals surface area contributed by atoms with Gasteiger partial charge in [0.05, 0.1) is 12.7 Å². The largest absolute Gasteiger partial charge is 0.472 e. The highest BCUT2D eigenvalue weighted by Gasteiger charge is 2.51. The summed E-state index contributed by atoms with van der Waals surface area (Å²) in [5.74, 6) is -1.30. The van der Waals surface area contributed by atoms with Crippen molar-refractivity contribution in [2.75, 3.05) is 13.2 Å². The quantitative estimate of drug-likeness (QED) is 0.0136. The number of phosphoric ester groups is 1. The van der Waals surface area contributed by atoms with Crippen molar-refractivity contribution in [2.24, 2.45) is 0 Å². The molecule has 0 spiro atoms. The van der Waals surface area contributed by atoms with Crippen molar-refractivity contribution >= 4 is 19.8 Å². The number of rotatable bonds is 36. The number of unbranched alkanes of at least 4 members (excludes halogenated alkanes) is 2. The van der Waals surface area contributed by atoms with Gasteiger partial charge in [0.25, 0.3) is 0 Å². The molecule has 372 valence electrons. The van der Waals surface area contributed by atoms with Gasteiger partial charge in [-0.05, 0) is 83.5 Å². The first-order valence-corrected chi connectivity index (χ1v) is 24.9. The van der Waals surface area contributed by atoms with Crippen molar-refractivity contribution in [2.45, 2.75) is 172 Å². The highest BCUT2D eigenvalue weighted by molar-refractivity contribution is 7.47. The fourth-order valence-corrected chi connectivity index (χ4v) is 7.06. The lowest BCUT2D eigenvalue weighted by molar-refractivity contribution is -0.220. The molecule has 1 aliphatic rings. The van der Waals surface area contributed by atoms with Crippen molar-refractivity contribution in [3.05, 3.63) is 122 Å². The molecule has 0 aromatic carbocycles. The molecule has 1 aliphatic carbocycles. The smallest absolute Gasteiger partial charge is 0.462 e. The molecule has 0 aromatic rings. The summed E-state index contributed by atoms with van der Waals surface area (Å²) < 4.78 is 33.4. The van der Waals surface area contributed by atoms with E-state index < -0.39 is 75.7 Å². The van der Waals surface area contributed by atoms with Crippen LogP contribution in [0.25, 0.3) is 0 Å². The Morgan fingerprint density at radius 2 is 0.985 bits per heavy atom. The summed E-state index contributed by atoms with van der Waals surface area (Å²) in [5.41, 5.74) is 0. The van der Waals surface area contributed by atoms with Gasteiger partial charge in [0, 0.05) is 12.8 Å². The molecule has 0 bridgehead atoms. The summed E-state index contributed by atoms with van der Waals surface area (Å²) in [4.78, 5) is 35.7. The van der Waals surface area contributed by atoms with E-state index in [1.165, 1.54) is 0 Å². The van der Waals surface area contributed by atoms with E-state index in [1.807, 2.05) is 54.7 Å². The number of carbonyl (C=O) groups excluding carboxylic acids is 2. The van der Waals surface area contributed by atoms with Gasteiger partial charge in [-0.1, -0.05) is 148 Å². The van der Waals surface area contributed by atoms with Crippen LogP contribution in [0.15, 0.2) is 122 Å². The van der Waals surface area contributed by atoms with E-state index in [1.54, 1.807) is 0 Å². The molecular weight excluding hydrogens is 868 g/mol. The van der Waals surface area contributed by atoms with Crippen LogP contribution in [0.5, 0.6) is 0 Å². The van der Waals surface area contributed by atoms with Gasteiger partial charge in [0.1, 0.15) is 43.2 Å². The summed E-state index contributed by atoms with van der Waals surface area (Å²) in [6.07, 6.45) is 38.9. The molecule has 14 nitrogen and oxygen atoms in total. The Morgan fingerprint density at radius 3 is 1.47 bits per heavy atom. The molecule has 0 amide bonds. The lowest BCUT2D eigenvalue weighted by atomic mass is 9.85. The highest BCUT2D eigenvalue weighted by atomic mass is 31.2. The van der Waals surface area contributed by atoms with E-state index >= 15 is 0 Å². The first-order chi connectivity index (χ1) is 31.8. The molecule has 7 N–H and O–H groups in total. The first kappa shape index (κ1) is 60.2. The van der Waals surface area contributed by atoms with Crippen LogP contribution in [0.1, 0.15) is 123 Å². The highest BCUT2D eigenvalue weighted by Crippen LogP contribution is 2.47. The van der Waals surface area contributed by atoms with Gasteiger partial charge in [-0.25, -0.2) is 4.57 Å². The van der Waals surface area contributed by atoms with Crippen molar-refractivity contribution in [3.63, 3.8) is 0 Å². The maximum Gasteiger partial charge on any atom is 0.472 e. The molecule has 0 saturated heterocycles. The Labute approximate surface area is 393 Å². The minimum atomic E-state index is -5.17. The van der Waals surface area contributed by atoms with Crippen LogP contribution in [-0.4, -0.2) is 110 Å². The number of carbonyl (C=O) groups is 2. The molecule has 0 heterocycles. The monoisotopic (exact) mass is 947 g/mol. The van der Waals surface area contributed by atoms with Crippen LogP contribution in [0.4, 0.5) is 0 Å². The standard InChI is InChI=1S/C51H79O14P/c1-3-5-7-8-9-10-11-12-13-14-15-16-17-18-23-26-29-32-35-39-45(54)64-43(41-63-66(60,61)65-51-49(58)47(56)46(55)48(57)50(51)59)40-62-44(53)38-34-31-28-25-22-20-19-21-24-27-30-33-37-42(52)36-6-4-2/h5,7,9-10,12-13,15-16,18-20,23-25,27-29,32-33,37,42-43,46-52,55-59H,3-4,6,8,11,14,17,21-22,26,30-31,34-36,38-41H2,1-2H3,(H,60,61)/b7-5-,10-9-,13-12-,16-15-,20-19-,23-18-,27-24-,28-25-,32-29-,37-33-/t42-,43+,46?,47-,48+,49+,50+,51?/m0/s1. The summed E-state index contributed by atoms with van der Waals surface area (Å²) in [6.45, 7) is 2.90. The zero-order chi connectivity index (χ0) is 48.7. The van der Waals surface area contributed by atoms with Gasteiger partial charge in [0.2, 0.25) is 0 Å². The normalized spacial score (nSPS) is 22.9. The van der Waals surface area contributed by atoms with E-state index in [0.29, 0.717) is 25.7 Å². The second-order valence-electron chi connectivity index (χ2n) is 15.7. The molecule has 0 aromatic heterocycles. The zero-order valence-electron chi connectivity index (χ0n) is 39.0. The molecule has 66 heavy (non-hydrogen) atoms. The Morgan fingerprint density at radius 1 is 0.545 bits per heavy atom. The van der Waals surface area contributed by atoms with Crippen molar-refractivity contribution in [1.29, 1.82) is 0 Å². The summed E-state index contributed by atoms with van der Waals surface area (Å²) in [7, 11) is -5.17. The molecule has 1 fully saturated rings. The third-order valence-electron chi connectivity index (χ3n) is 9.87. The van der Waals surface area contributed by atoms with Crippen LogP contribution < -0.4 is 0 Å². The number of hydrogen-bond donors (Lipinski definition) is 7. The summed E-state index contributed by atoms with van der Waals surface area (Å²) in [5, 5.41) is 60.0. The summed E-state index contributed by atoms with van der Waals surface area (Å²) in [6, 6.07) is 0. The first-order valence-electron chi connectivity index (χ1n) is 23.4. The maximum absolute atomic E-state index is 12.8. The zero-order valence-corrected chi connectivity index (χ0v) is 39.9. The number of aliphatic hydroxyl groups is 6. The van der Waals surface area contributed by atoms with Crippen LogP contribution in [0.2, 0.25) is 0 Å². The second kappa shape index (κ2) is 39.2. The number of aliphatic hydroxyl groups excluding tert-OH is 6. The van der Waals surface area contributed by atoms with Gasteiger partial charge in [-0.2, -0.15) is 0 Å². The molecule has 9 atom stereocenters. The predicted octanol–water partition coefficient (Wildman–Crippen LogP) is 8.36. The van der Waals surface area contributed by atoms with Gasteiger partial charge in [0.15, 0.2) is 6.10 Å². The number of allylic oxidation sites excluding steroid dienone is 19. The van der Waals surface area contributed by atoms with Crippen LogP contribution >= 0.6 is 7.82 Å². The molecule has 15 heteroatoms. The Balaban J connectivity index is 2.57. The lowest BCUT2D eigenvalue weighted by Crippen LogP contribution is -2.64. The molecule has 1 saturated carbocycles. The Kier molecular flexibility index (Phi) is 35.8. The van der Waals surface area contributed by atoms with Crippen molar-refractivity contribution in [1.82, 2.24) is 0 Å². The third kappa shape index (κ3) is 31.2. The van der Waals surface area contributed by atoms with Gasteiger partial charge < -0.3 is 45.0 Å². The molecule has 0 aliphatic heterocycles. The van der Waals surface area contributed by atoms with E-state index in [2.05, 4.69) is 80.7 Å². The SMILES string of the molecule is CC/C=C\C/C=C\C/C=C\C/C=C\C/C=C\C/C=C\CCC(=O)O[C@H](COC(=O)CCC/C=C\C/C=C\C/C=C\C/C=C\[C@@H](O)CCCC)COP(=O)(O)OC1[C@H](O)[C@H](O)C(O)[C@H](O)[C@H]1O. The minimum Gasteiger partial charge on any atom is -0.462 e. The number of hydrogen-bond acceptors (Lipinski definition) is 13. The van der Waals surface area contributed by atoms with E-state index in [4.69, 9.17) is 18.5 Å². The maximum atomic E-state index is 12.8. The molecule has 0 radical (unpaired) electrons. The second-order valence-corrected chi connectivity index (χ2v) is 17.1.